The van der Waals surface area contributed by atoms with Crippen LogP contribution in [0.2, 0.25) is 0 Å². The number of anilines is 1. The number of piperazine rings is 1. The van der Waals surface area contributed by atoms with E-state index >= 15 is 0 Å². The molecule has 9 nitrogen and oxygen atoms in total. The second-order valence-corrected chi connectivity index (χ2v) is 10.2. The minimum absolute atomic E-state index is 0.0309. The van der Waals surface area contributed by atoms with Crippen molar-refractivity contribution in [1.82, 2.24) is 24.3 Å². The number of hydrogen-bond acceptors (Lipinski definition) is 6. The number of hydrogen-bond donors (Lipinski definition) is 0. The predicted molar refractivity (Wildman–Crippen MR) is 149 cm³/mol. The van der Waals surface area contributed by atoms with E-state index in [1.165, 1.54) is 11.1 Å². The van der Waals surface area contributed by atoms with Crippen LogP contribution in [0.15, 0.2) is 67.1 Å². The maximum atomic E-state index is 13.3. The van der Waals surface area contributed by atoms with Crippen molar-refractivity contribution in [2.24, 2.45) is 0 Å². The van der Waals surface area contributed by atoms with Gasteiger partial charge in [-0.1, -0.05) is 12.1 Å². The molecule has 0 N–H and O–H groups in total. The van der Waals surface area contributed by atoms with Gasteiger partial charge in [-0.15, -0.1) is 0 Å². The molecule has 2 aromatic carbocycles. The van der Waals surface area contributed by atoms with E-state index < -0.39 is 0 Å². The molecule has 200 valence electrons. The van der Waals surface area contributed by atoms with Gasteiger partial charge in [0, 0.05) is 56.2 Å². The standard InChI is InChI=1S/C30H32N6O3/c1-21-17-33(15-16-36(21)28(37)19-35-20-32-26-6-4-13-31-29(26)35)27-7-3-5-22-12-14-34(18-25(22)27)30(38)23-8-10-24(39-2)11-9-23/h3-11,13,20-21H,12,14-19H2,1-2H3. The minimum Gasteiger partial charge on any atom is -0.497 e. The van der Waals surface area contributed by atoms with Crippen LogP contribution in [0.25, 0.3) is 11.2 Å². The molecule has 6 rings (SSSR count). The smallest absolute Gasteiger partial charge is 0.254 e. The van der Waals surface area contributed by atoms with Crippen molar-refractivity contribution in [3.8, 4) is 5.75 Å². The Labute approximate surface area is 227 Å². The topological polar surface area (TPSA) is 83.8 Å². The molecular formula is C30H32N6O3. The maximum absolute atomic E-state index is 13.3. The summed E-state index contributed by atoms with van der Waals surface area (Å²) < 4.78 is 7.05. The molecule has 0 bridgehead atoms. The zero-order valence-corrected chi connectivity index (χ0v) is 22.3. The van der Waals surface area contributed by atoms with Crippen molar-refractivity contribution in [2.45, 2.75) is 32.5 Å². The number of pyridine rings is 1. The molecule has 1 atom stereocenters. The molecule has 2 aliphatic rings. The summed E-state index contributed by atoms with van der Waals surface area (Å²) >= 11 is 0. The Hall–Kier alpha value is -4.40. The van der Waals surface area contributed by atoms with Crippen LogP contribution < -0.4 is 9.64 Å². The summed E-state index contributed by atoms with van der Waals surface area (Å²) in [5, 5.41) is 0. The van der Waals surface area contributed by atoms with Crippen LogP contribution in [0, 0.1) is 0 Å². The molecule has 39 heavy (non-hydrogen) atoms. The van der Waals surface area contributed by atoms with Crippen molar-refractivity contribution in [2.75, 3.05) is 38.2 Å². The van der Waals surface area contributed by atoms with Crippen molar-refractivity contribution in [1.29, 1.82) is 0 Å². The fourth-order valence-corrected chi connectivity index (χ4v) is 5.75. The van der Waals surface area contributed by atoms with E-state index in [-0.39, 0.29) is 24.4 Å². The Morgan fingerprint density at radius 2 is 1.85 bits per heavy atom. The molecule has 0 radical (unpaired) electrons. The van der Waals surface area contributed by atoms with Gasteiger partial charge in [-0.2, -0.15) is 0 Å². The number of fused-ring (bicyclic) bond motifs is 2. The summed E-state index contributed by atoms with van der Waals surface area (Å²) in [4.78, 5) is 41.6. The highest BCUT2D eigenvalue weighted by Crippen LogP contribution is 2.31. The van der Waals surface area contributed by atoms with Crippen molar-refractivity contribution < 1.29 is 14.3 Å². The minimum atomic E-state index is 0.0309. The maximum Gasteiger partial charge on any atom is 0.254 e. The van der Waals surface area contributed by atoms with E-state index in [2.05, 4.69) is 40.0 Å². The van der Waals surface area contributed by atoms with Crippen LogP contribution >= 0.6 is 0 Å². The first-order chi connectivity index (χ1) is 19.0. The number of rotatable bonds is 5. The molecule has 9 heteroatoms. The molecule has 0 aliphatic carbocycles. The SMILES string of the molecule is COc1ccc(C(=O)N2CCc3cccc(N4CCN(C(=O)Cn5cnc6cccnc65)C(C)C4)c3C2)cc1. The Bertz CT molecular complexity index is 1510. The van der Waals surface area contributed by atoms with Crippen molar-refractivity contribution >= 4 is 28.7 Å². The molecule has 1 saturated heterocycles. The largest absolute Gasteiger partial charge is 0.497 e. The second-order valence-electron chi connectivity index (χ2n) is 10.2. The van der Waals surface area contributed by atoms with E-state index in [4.69, 9.17) is 4.74 Å². The fraction of sp³-hybridized carbons (Fsp3) is 0.333. The predicted octanol–water partition coefficient (Wildman–Crippen LogP) is 3.38. The van der Waals surface area contributed by atoms with Gasteiger partial charge >= 0.3 is 0 Å². The van der Waals surface area contributed by atoms with Crippen LogP contribution in [0.4, 0.5) is 5.69 Å². The lowest BCUT2D eigenvalue weighted by molar-refractivity contribution is -0.134. The summed E-state index contributed by atoms with van der Waals surface area (Å²) in [5.74, 6) is 0.835. The number of aromatic nitrogens is 3. The van der Waals surface area contributed by atoms with Gasteiger partial charge in [-0.25, -0.2) is 9.97 Å². The van der Waals surface area contributed by atoms with Crippen LogP contribution in [-0.4, -0.2) is 75.5 Å². The van der Waals surface area contributed by atoms with Gasteiger partial charge in [0.1, 0.15) is 17.8 Å². The van der Waals surface area contributed by atoms with E-state index in [0.29, 0.717) is 25.2 Å². The second kappa shape index (κ2) is 10.4. The zero-order valence-electron chi connectivity index (χ0n) is 22.3. The first kappa shape index (κ1) is 24.9. The molecule has 1 unspecified atom stereocenters. The van der Waals surface area contributed by atoms with E-state index in [9.17, 15) is 9.59 Å². The van der Waals surface area contributed by atoms with Crippen LogP contribution in [-0.2, 0) is 24.3 Å². The van der Waals surface area contributed by atoms with Gasteiger partial charge in [-0.3, -0.25) is 9.59 Å². The Morgan fingerprint density at radius 3 is 2.64 bits per heavy atom. The number of carbonyl (C=O) groups excluding carboxylic acids is 2. The Morgan fingerprint density at radius 1 is 1.00 bits per heavy atom. The molecule has 4 heterocycles. The number of carbonyl (C=O) groups is 2. The molecule has 2 aliphatic heterocycles. The molecule has 2 amide bonds. The zero-order chi connectivity index (χ0) is 26.9. The Kier molecular flexibility index (Phi) is 6.64. The number of nitrogens with zero attached hydrogens (tertiary/aromatic N) is 6. The molecule has 0 saturated carbocycles. The monoisotopic (exact) mass is 524 g/mol. The van der Waals surface area contributed by atoms with Gasteiger partial charge in [0.05, 0.1) is 13.4 Å². The molecule has 4 aromatic rings. The third kappa shape index (κ3) is 4.80. The lowest BCUT2D eigenvalue weighted by atomic mass is 9.96. The number of imidazole rings is 1. The lowest BCUT2D eigenvalue weighted by Gasteiger charge is -2.42. The third-order valence-electron chi connectivity index (χ3n) is 7.84. The van der Waals surface area contributed by atoms with Gasteiger partial charge in [0.25, 0.3) is 5.91 Å². The van der Waals surface area contributed by atoms with Crippen molar-refractivity contribution in [3.05, 3.63) is 83.8 Å². The fourth-order valence-electron chi connectivity index (χ4n) is 5.75. The van der Waals surface area contributed by atoms with E-state index in [1.807, 2.05) is 50.8 Å². The van der Waals surface area contributed by atoms with Crippen LogP contribution in [0.1, 0.15) is 28.4 Å². The number of benzene rings is 2. The van der Waals surface area contributed by atoms with Crippen molar-refractivity contribution in [3.63, 3.8) is 0 Å². The Balaban J connectivity index is 1.15. The van der Waals surface area contributed by atoms with E-state index in [1.54, 1.807) is 19.6 Å². The van der Waals surface area contributed by atoms with Crippen LogP contribution in [0.5, 0.6) is 5.75 Å². The summed E-state index contributed by atoms with van der Waals surface area (Å²) in [6.07, 6.45) is 4.23. The molecule has 1 fully saturated rings. The average Bonchev–Trinajstić information content (AvgIpc) is 3.38. The highest BCUT2D eigenvalue weighted by Gasteiger charge is 2.31. The average molecular weight is 525 g/mol. The lowest BCUT2D eigenvalue weighted by Crippen LogP contribution is -2.55. The van der Waals surface area contributed by atoms with Gasteiger partial charge in [0.2, 0.25) is 5.91 Å². The summed E-state index contributed by atoms with van der Waals surface area (Å²) in [6, 6.07) is 17.5. The quantitative estimate of drug-likeness (QED) is 0.398. The molecule has 2 aromatic heterocycles. The molecule has 0 spiro atoms. The number of methoxy groups -OCH3 is 1. The van der Waals surface area contributed by atoms with Crippen LogP contribution in [0.3, 0.4) is 0 Å². The third-order valence-corrected chi connectivity index (χ3v) is 7.84. The summed E-state index contributed by atoms with van der Waals surface area (Å²) in [7, 11) is 1.62. The number of amides is 2. The first-order valence-electron chi connectivity index (χ1n) is 13.4. The van der Waals surface area contributed by atoms with Gasteiger partial charge < -0.3 is 24.0 Å². The van der Waals surface area contributed by atoms with Gasteiger partial charge in [-0.05, 0) is 66.9 Å². The molecular weight excluding hydrogens is 492 g/mol. The van der Waals surface area contributed by atoms with Gasteiger partial charge in [0.15, 0.2) is 5.65 Å². The summed E-state index contributed by atoms with van der Waals surface area (Å²) in [5.41, 5.74) is 5.82. The highest BCUT2D eigenvalue weighted by molar-refractivity contribution is 5.94. The van der Waals surface area contributed by atoms with E-state index in [0.717, 1.165) is 42.1 Å². The summed E-state index contributed by atoms with van der Waals surface area (Å²) in [6.45, 7) is 5.70. The first-order valence-corrected chi connectivity index (χ1v) is 13.4. The normalized spacial score (nSPS) is 17.3. The highest BCUT2D eigenvalue weighted by atomic mass is 16.5. The number of ether oxygens (including phenoxy) is 1.